The van der Waals surface area contributed by atoms with Gasteiger partial charge in [-0.05, 0) is 78.9 Å². The van der Waals surface area contributed by atoms with Gasteiger partial charge >= 0.3 is 0 Å². The molecule has 0 aliphatic heterocycles. The van der Waals surface area contributed by atoms with Crippen LogP contribution in [0, 0.1) is 0 Å². The van der Waals surface area contributed by atoms with E-state index in [1.807, 2.05) is 0 Å². The van der Waals surface area contributed by atoms with Crippen molar-refractivity contribution in [2.24, 2.45) is 0 Å². The second kappa shape index (κ2) is 13.4. The first-order valence-electron chi connectivity index (χ1n) is 22.0. The molecule has 0 atom stereocenters. The molecule has 10 aromatic carbocycles. The van der Waals surface area contributed by atoms with E-state index in [4.69, 9.17) is 0 Å². The molecule has 0 saturated heterocycles. The Balaban J connectivity index is 1.03. The molecule has 0 radical (unpaired) electrons. The predicted octanol–water partition coefficient (Wildman–Crippen LogP) is 15.7. The molecule has 14 rings (SSSR count). The molecule has 4 heterocycles. The van der Waals surface area contributed by atoms with Gasteiger partial charge in [0.15, 0.2) is 0 Å². The molecule has 0 aliphatic carbocycles. The number of hydrogen-bond donors (Lipinski definition) is 0. The van der Waals surface area contributed by atoms with E-state index < -0.39 is 0 Å². The highest BCUT2D eigenvalue weighted by atomic mass is 15.0. The fourth-order valence-electron chi connectivity index (χ4n) is 11.0. The molecular formula is C60H38N4. The summed E-state index contributed by atoms with van der Waals surface area (Å²) in [5.41, 5.74) is 16.4. The van der Waals surface area contributed by atoms with Crippen molar-refractivity contribution in [1.29, 1.82) is 0 Å². The first kappa shape index (κ1) is 35.0. The largest absolute Gasteiger partial charge is 0.309 e. The summed E-state index contributed by atoms with van der Waals surface area (Å²) in [7, 11) is 0. The van der Waals surface area contributed by atoms with Gasteiger partial charge in [0.2, 0.25) is 0 Å². The highest BCUT2D eigenvalue weighted by molar-refractivity contribution is 6.26. The van der Waals surface area contributed by atoms with Crippen molar-refractivity contribution in [2.75, 3.05) is 0 Å². The molecule has 14 aromatic rings. The van der Waals surface area contributed by atoms with Crippen LogP contribution in [-0.2, 0) is 0 Å². The second-order valence-electron chi connectivity index (χ2n) is 16.9. The van der Waals surface area contributed by atoms with E-state index in [2.05, 4.69) is 249 Å². The minimum atomic E-state index is 1.14. The van der Waals surface area contributed by atoms with Gasteiger partial charge in [-0.25, -0.2) is 0 Å². The Hall–Kier alpha value is -8.60. The third kappa shape index (κ3) is 4.82. The van der Waals surface area contributed by atoms with Crippen LogP contribution in [0.5, 0.6) is 0 Å². The van der Waals surface area contributed by atoms with E-state index in [0.29, 0.717) is 0 Å². The Morgan fingerprint density at radius 3 is 1.25 bits per heavy atom. The van der Waals surface area contributed by atoms with Crippen molar-refractivity contribution in [3.05, 3.63) is 231 Å². The Morgan fingerprint density at radius 1 is 0.219 bits per heavy atom. The summed E-state index contributed by atoms with van der Waals surface area (Å²) in [5.74, 6) is 0. The van der Waals surface area contributed by atoms with E-state index in [-0.39, 0.29) is 0 Å². The summed E-state index contributed by atoms with van der Waals surface area (Å²) in [4.78, 5) is 0. The van der Waals surface area contributed by atoms with Gasteiger partial charge < -0.3 is 18.3 Å². The summed E-state index contributed by atoms with van der Waals surface area (Å²) >= 11 is 0. The van der Waals surface area contributed by atoms with Crippen LogP contribution in [0.15, 0.2) is 231 Å². The van der Waals surface area contributed by atoms with Gasteiger partial charge in [-0.3, -0.25) is 0 Å². The topological polar surface area (TPSA) is 19.7 Å². The van der Waals surface area contributed by atoms with E-state index in [1.165, 1.54) is 87.2 Å². The van der Waals surface area contributed by atoms with Gasteiger partial charge in [0.25, 0.3) is 0 Å². The minimum absolute atomic E-state index is 1.14. The van der Waals surface area contributed by atoms with Crippen molar-refractivity contribution in [1.82, 2.24) is 18.3 Å². The molecular weight excluding hydrogens is 777 g/mol. The van der Waals surface area contributed by atoms with Crippen molar-refractivity contribution >= 4 is 87.2 Å². The SMILES string of the molecule is c1ccc(-n2c3ccccc3c3c2ccc2c4ccccc4n(-c4ccccc4-c4ccccc4-n4c5ccccc5c5cc(-n6c7ccccc7c7ccccc76)ccc54)c23)cc1. The average molecular weight is 815 g/mol. The molecule has 0 bridgehead atoms. The summed E-state index contributed by atoms with van der Waals surface area (Å²) < 4.78 is 9.84. The fraction of sp³-hybridized carbons (Fsp3) is 0. The van der Waals surface area contributed by atoms with Gasteiger partial charge in [-0.1, -0.05) is 152 Å². The van der Waals surface area contributed by atoms with E-state index >= 15 is 0 Å². The number of fused-ring (bicyclic) bond motifs is 13. The zero-order valence-electron chi connectivity index (χ0n) is 34.7. The monoisotopic (exact) mass is 814 g/mol. The molecule has 64 heavy (non-hydrogen) atoms. The Kier molecular flexibility index (Phi) is 7.36. The summed E-state index contributed by atoms with van der Waals surface area (Å²) in [5, 5.41) is 9.93. The summed E-state index contributed by atoms with van der Waals surface area (Å²) in [6.45, 7) is 0. The van der Waals surface area contributed by atoms with E-state index in [0.717, 1.165) is 33.9 Å². The minimum Gasteiger partial charge on any atom is -0.309 e. The quantitative estimate of drug-likeness (QED) is 0.165. The van der Waals surface area contributed by atoms with Gasteiger partial charge in [0.05, 0.1) is 55.5 Å². The lowest BCUT2D eigenvalue weighted by molar-refractivity contribution is 1.16. The van der Waals surface area contributed by atoms with Crippen molar-refractivity contribution in [3.8, 4) is 33.9 Å². The molecule has 0 saturated carbocycles. The van der Waals surface area contributed by atoms with E-state index in [1.54, 1.807) is 0 Å². The Labute approximate surface area is 368 Å². The molecule has 0 aliphatic rings. The maximum absolute atomic E-state index is 2.53. The number of hydrogen-bond acceptors (Lipinski definition) is 0. The van der Waals surface area contributed by atoms with Gasteiger partial charge in [0, 0.05) is 65.6 Å². The zero-order valence-corrected chi connectivity index (χ0v) is 34.7. The van der Waals surface area contributed by atoms with Crippen LogP contribution in [-0.4, -0.2) is 18.3 Å². The smallest absolute Gasteiger partial charge is 0.0641 e. The lowest BCUT2D eigenvalue weighted by Crippen LogP contribution is -2.01. The normalized spacial score (nSPS) is 12.1. The first-order chi connectivity index (χ1) is 31.8. The molecule has 0 spiro atoms. The summed E-state index contributed by atoms with van der Waals surface area (Å²) in [6, 6.07) is 84.4. The highest BCUT2D eigenvalue weighted by Gasteiger charge is 2.24. The number of aromatic nitrogens is 4. The number of benzene rings is 10. The van der Waals surface area contributed by atoms with Gasteiger partial charge in [-0.15, -0.1) is 0 Å². The van der Waals surface area contributed by atoms with Crippen LogP contribution < -0.4 is 0 Å². The second-order valence-corrected chi connectivity index (χ2v) is 16.9. The predicted molar refractivity (Wildman–Crippen MR) is 269 cm³/mol. The average Bonchev–Trinajstić information content (AvgIpc) is 4.09. The molecule has 4 heteroatoms. The molecule has 4 nitrogen and oxygen atoms in total. The van der Waals surface area contributed by atoms with Gasteiger partial charge in [-0.2, -0.15) is 0 Å². The summed E-state index contributed by atoms with van der Waals surface area (Å²) in [6.07, 6.45) is 0. The number of rotatable bonds is 5. The Morgan fingerprint density at radius 2 is 0.625 bits per heavy atom. The maximum atomic E-state index is 2.53. The maximum Gasteiger partial charge on any atom is 0.0641 e. The molecule has 298 valence electrons. The van der Waals surface area contributed by atoms with Crippen LogP contribution in [0.3, 0.4) is 0 Å². The van der Waals surface area contributed by atoms with Crippen molar-refractivity contribution < 1.29 is 0 Å². The third-order valence-corrected chi connectivity index (χ3v) is 13.6. The first-order valence-corrected chi connectivity index (χ1v) is 22.0. The highest BCUT2D eigenvalue weighted by Crippen LogP contribution is 2.45. The zero-order chi connectivity index (χ0) is 41.9. The van der Waals surface area contributed by atoms with Crippen molar-refractivity contribution in [3.63, 3.8) is 0 Å². The Bertz CT molecular complexity index is 4140. The van der Waals surface area contributed by atoms with E-state index in [9.17, 15) is 0 Å². The number of nitrogens with zero attached hydrogens (tertiary/aromatic N) is 4. The third-order valence-electron chi connectivity index (χ3n) is 13.6. The van der Waals surface area contributed by atoms with Gasteiger partial charge in [0.1, 0.15) is 0 Å². The molecule has 0 fully saturated rings. The standard InChI is InChI=1S/C60H38N4/c1-2-18-39(19-3-1)61-56-33-17-10-26-48(56)59-58(61)37-35-47-45-24-8-16-32-55(45)64(60(47)59)54-31-15-7-23-44(54)43-22-6-13-29-52(43)63-53-30-14-9-25-46(53)49-38-40(34-36-57(49)63)62-50-27-11-4-20-41(50)42-21-5-12-28-51(42)62/h1-38H. The van der Waals surface area contributed by atoms with Crippen molar-refractivity contribution in [2.45, 2.75) is 0 Å². The van der Waals surface area contributed by atoms with Crippen LogP contribution >= 0.6 is 0 Å². The number of para-hydroxylation sites is 8. The van der Waals surface area contributed by atoms with Crippen LogP contribution in [0.25, 0.3) is 121 Å². The van der Waals surface area contributed by atoms with Crippen LogP contribution in [0.2, 0.25) is 0 Å². The molecule has 0 N–H and O–H groups in total. The molecule has 0 unspecified atom stereocenters. The lowest BCUT2D eigenvalue weighted by Gasteiger charge is -2.19. The van der Waals surface area contributed by atoms with Crippen LogP contribution in [0.1, 0.15) is 0 Å². The fourth-order valence-corrected chi connectivity index (χ4v) is 11.0. The van der Waals surface area contributed by atoms with Crippen LogP contribution in [0.4, 0.5) is 0 Å². The molecule has 4 aromatic heterocycles. The lowest BCUT2D eigenvalue weighted by atomic mass is 10.0. The molecule has 0 amide bonds.